The largest absolute Gasteiger partial charge is 0.497 e. The van der Waals surface area contributed by atoms with Gasteiger partial charge in [-0.15, -0.1) is 0 Å². The summed E-state index contributed by atoms with van der Waals surface area (Å²) in [6, 6.07) is 14.4. The zero-order valence-electron chi connectivity index (χ0n) is 11.4. The third-order valence-electron chi connectivity index (χ3n) is 2.88. The van der Waals surface area contributed by atoms with Crippen LogP contribution in [-0.4, -0.2) is 20.5 Å². The van der Waals surface area contributed by atoms with Gasteiger partial charge in [0.2, 0.25) is 6.29 Å². The predicted molar refractivity (Wildman–Crippen MR) is 75.2 cm³/mol. The van der Waals surface area contributed by atoms with Gasteiger partial charge in [0.1, 0.15) is 11.5 Å². The summed E-state index contributed by atoms with van der Waals surface area (Å²) in [7, 11) is 3.16. The molecule has 0 fully saturated rings. The lowest BCUT2D eigenvalue weighted by molar-refractivity contribution is -0.0564. The first-order valence-electron chi connectivity index (χ1n) is 6.16. The second-order valence-electron chi connectivity index (χ2n) is 4.11. The number of benzene rings is 2. The molecule has 1 unspecified atom stereocenters. The highest BCUT2D eigenvalue weighted by molar-refractivity contribution is 5.79. The maximum absolute atomic E-state index is 11.0. The zero-order valence-corrected chi connectivity index (χ0v) is 11.4. The van der Waals surface area contributed by atoms with Crippen molar-refractivity contribution in [3.05, 3.63) is 59.7 Å². The minimum absolute atomic E-state index is 0.489. The van der Waals surface area contributed by atoms with Crippen LogP contribution in [-0.2, 0) is 4.74 Å². The summed E-state index contributed by atoms with van der Waals surface area (Å²) >= 11 is 0. The van der Waals surface area contributed by atoms with E-state index in [1.807, 2.05) is 30.3 Å². The van der Waals surface area contributed by atoms with E-state index in [-0.39, 0.29) is 0 Å². The molecule has 0 saturated heterocycles. The first-order valence-corrected chi connectivity index (χ1v) is 6.16. The van der Waals surface area contributed by atoms with E-state index in [2.05, 4.69) is 0 Å². The van der Waals surface area contributed by atoms with E-state index in [1.54, 1.807) is 32.4 Å². The number of aldehydes is 1. The Bertz CT molecular complexity index is 563. The van der Waals surface area contributed by atoms with Gasteiger partial charge in [0.25, 0.3) is 0 Å². The molecule has 20 heavy (non-hydrogen) atoms. The van der Waals surface area contributed by atoms with Gasteiger partial charge < -0.3 is 14.2 Å². The van der Waals surface area contributed by atoms with Gasteiger partial charge in [-0.2, -0.15) is 0 Å². The SMILES string of the molecule is COc1ccc(C(OC)Oc2ccccc2C=O)cc1. The monoisotopic (exact) mass is 272 g/mol. The third kappa shape index (κ3) is 3.16. The van der Waals surface area contributed by atoms with Crippen molar-refractivity contribution in [2.24, 2.45) is 0 Å². The molecule has 0 aliphatic heterocycles. The van der Waals surface area contributed by atoms with Crippen LogP contribution in [0.2, 0.25) is 0 Å². The Kier molecular flexibility index (Phi) is 4.74. The fraction of sp³-hybridized carbons (Fsp3) is 0.188. The van der Waals surface area contributed by atoms with Crippen molar-refractivity contribution in [3.63, 3.8) is 0 Å². The molecular weight excluding hydrogens is 256 g/mol. The summed E-state index contributed by atoms with van der Waals surface area (Å²) in [4.78, 5) is 11.0. The highest BCUT2D eigenvalue weighted by Crippen LogP contribution is 2.26. The van der Waals surface area contributed by atoms with Crippen molar-refractivity contribution in [2.75, 3.05) is 14.2 Å². The van der Waals surface area contributed by atoms with Gasteiger partial charge in [-0.1, -0.05) is 12.1 Å². The van der Waals surface area contributed by atoms with Gasteiger partial charge in [-0.3, -0.25) is 4.79 Å². The molecule has 0 spiro atoms. The van der Waals surface area contributed by atoms with Crippen molar-refractivity contribution >= 4 is 6.29 Å². The molecule has 0 N–H and O–H groups in total. The van der Waals surface area contributed by atoms with Crippen molar-refractivity contribution in [2.45, 2.75) is 6.29 Å². The Labute approximate surface area is 117 Å². The van der Waals surface area contributed by atoms with Crippen molar-refractivity contribution < 1.29 is 19.0 Å². The number of carbonyl (C=O) groups is 1. The summed E-state index contributed by atoms with van der Waals surface area (Å²) in [5.41, 5.74) is 1.33. The van der Waals surface area contributed by atoms with E-state index in [9.17, 15) is 4.79 Å². The minimum Gasteiger partial charge on any atom is -0.497 e. The van der Waals surface area contributed by atoms with Crippen LogP contribution in [0.5, 0.6) is 11.5 Å². The van der Waals surface area contributed by atoms with Gasteiger partial charge in [0.05, 0.1) is 12.7 Å². The molecule has 1 atom stereocenters. The maximum atomic E-state index is 11.0. The first kappa shape index (κ1) is 14.1. The minimum atomic E-state index is -0.581. The van der Waals surface area contributed by atoms with Crippen LogP contribution in [0.4, 0.5) is 0 Å². The van der Waals surface area contributed by atoms with E-state index < -0.39 is 6.29 Å². The summed E-state index contributed by atoms with van der Waals surface area (Å²) < 4.78 is 16.2. The number of rotatable bonds is 6. The average molecular weight is 272 g/mol. The normalized spacial score (nSPS) is 11.7. The Hall–Kier alpha value is -2.33. The number of carbonyl (C=O) groups excluding carboxylic acids is 1. The second-order valence-corrected chi connectivity index (χ2v) is 4.11. The van der Waals surface area contributed by atoms with Gasteiger partial charge in [-0.05, 0) is 36.4 Å². The molecule has 0 heterocycles. The number of ether oxygens (including phenoxy) is 3. The quantitative estimate of drug-likeness (QED) is 0.598. The summed E-state index contributed by atoms with van der Waals surface area (Å²) in [5, 5.41) is 0. The molecule has 2 aromatic rings. The molecule has 104 valence electrons. The lowest BCUT2D eigenvalue weighted by Gasteiger charge is -2.19. The van der Waals surface area contributed by atoms with E-state index in [1.165, 1.54) is 0 Å². The summed E-state index contributed by atoms with van der Waals surface area (Å²) in [6.07, 6.45) is 0.179. The smallest absolute Gasteiger partial charge is 0.226 e. The Morgan fingerprint density at radius 1 is 1.00 bits per heavy atom. The lowest BCUT2D eigenvalue weighted by Crippen LogP contribution is -2.10. The fourth-order valence-electron chi connectivity index (χ4n) is 1.81. The van der Waals surface area contributed by atoms with Crippen LogP contribution >= 0.6 is 0 Å². The molecule has 0 bridgehead atoms. The van der Waals surface area contributed by atoms with Crippen LogP contribution in [0, 0.1) is 0 Å². The molecule has 0 saturated carbocycles. The standard InChI is InChI=1S/C16H16O4/c1-18-14-9-7-12(8-10-14)16(19-2)20-15-6-4-3-5-13(15)11-17/h3-11,16H,1-2H3. The van der Waals surface area contributed by atoms with Crippen LogP contribution in [0.15, 0.2) is 48.5 Å². The fourth-order valence-corrected chi connectivity index (χ4v) is 1.81. The van der Waals surface area contributed by atoms with Crippen LogP contribution in [0.25, 0.3) is 0 Å². The molecule has 0 aliphatic rings. The Morgan fingerprint density at radius 2 is 1.70 bits per heavy atom. The topological polar surface area (TPSA) is 44.8 Å². The van der Waals surface area contributed by atoms with Crippen LogP contribution < -0.4 is 9.47 Å². The average Bonchev–Trinajstić information content (AvgIpc) is 2.53. The molecule has 0 aromatic heterocycles. The second kappa shape index (κ2) is 6.73. The van der Waals surface area contributed by atoms with E-state index in [4.69, 9.17) is 14.2 Å². The molecule has 0 radical (unpaired) electrons. The number of methoxy groups -OCH3 is 2. The molecule has 0 amide bonds. The highest BCUT2D eigenvalue weighted by atomic mass is 16.7. The van der Waals surface area contributed by atoms with Gasteiger partial charge in [0, 0.05) is 12.7 Å². The van der Waals surface area contributed by atoms with E-state index >= 15 is 0 Å². The number of hydrogen-bond acceptors (Lipinski definition) is 4. The van der Waals surface area contributed by atoms with Crippen molar-refractivity contribution in [1.82, 2.24) is 0 Å². The van der Waals surface area contributed by atoms with Gasteiger partial charge in [0.15, 0.2) is 6.29 Å². The number of para-hydroxylation sites is 1. The predicted octanol–water partition coefficient (Wildman–Crippen LogP) is 3.23. The lowest BCUT2D eigenvalue weighted by atomic mass is 10.2. The zero-order chi connectivity index (χ0) is 14.4. The third-order valence-corrected chi connectivity index (χ3v) is 2.88. The molecule has 4 nitrogen and oxygen atoms in total. The van der Waals surface area contributed by atoms with Gasteiger partial charge >= 0.3 is 0 Å². The molecule has 4 heteroatoms. The Morgan fingerprint density at radius 3 is 2.30 bits per heavy atom. The molecule has 0 aliphatic carbocycles. The van der Waals surface area contributed by atoms with E-state index in [0.717, 1.165) is 17.6 Å². The number of hydrogen-bond donors (Lipinski definition) is 0. The van der Waals surface area contributed by atoms with Crippen LogP contribution in [0.3, 0.4) is 0 Å². The first-order chi connectivity index (χ1) is 9.78. The van der Waals surface area contributed by atoms with E-state index in [0.29, 0.717) is 11.3 Å². The molecule has 2 aromatic carbocycles. The van der Waals surface area contributed by atoms with Crippen LogP contribution in [0.1, 0.15) is 22.2 Å². The van der Waals surface area contributed by atoms with Gasteiger partial charge in [-0.25, -0.2) is 0 Å². The Balaban J connectivity index is 2.21. The highest BCUT2D eigenvalue weighted by Gasteiger charge is 2.14. The maximum Gasteiger partial charge on any atom is 0.226 e. The van der Waals surface area contributed by atoms with Crippen molar-refractivity contribution in [1.29, 1.82) is 0 Å². The van der Waals surface area contributed by atoms with Crippen molar-refractivity contribution in [3.8, 4) is 11.5 Å². The molecular formula is C16H16O4. The molecule has 2 rings (SSSR count). The summed E-state index contributed by atoms with van der Waals surface area (Å²) in [6.45, 7) is 0. The summed E-state index contributed by atoms with van der Waals surface area (Å²) in [5.74, 6) is 1.25.